The fraction of sp³-hybridized carbons (Fsp3) is 0.846. The van der Waals surface area contributed by atoms with Crippen molar-refractivity contribution in [3.8, 4) is 0 Å². The lowest BCUT2D eigenvalue weighted by Gasteiger charge is -2.29. The predicted octanol–water partition coefficient (Wildman–Crippen LogP) is 1.26. The molecule has 0 saturated heterocycles. The van der Waals surface area contributed by atoms with E-state index < -0.39 is 11.4 Å². The van der Waals surface area contributed by atoms with E-state index in [9.17, 15) is 14.7 Å². The molecule has 0 aliphatic heterocycles. The van der Waals surface area contributed by atoms with E-state index in [4.69, 9.17) is 5.11 Å². The first kappa shape index (κ1) is 16.9. The molecule has 1 amide bonds. The molecule has 0 saturated carbocycles. The summed E-state index contributed by atoms with van der Waals surface area (Å²) in [5, 5.41) is 21.0. The van der Waals surface area contributed by atoms with E-state index in [1.54, 1.807) is 20.8 Å². The number of aliphatic carboxylic acids is 1. The Bertz CT molecular complexity index is 301. The van der Waals surface area contributed by atoms with E-state index in [1.807, 2.05) is 13.8 Å². The summed E-state index contributed by atoms with van der Waals surface area (Å²) in [4.78, 5) is 23.1. The molecule has 18 heavy (non-hydrogen) atoms. The van der Waals surface area contributed by atoms with Crippen molar-refractivity contribution < 1.29 is 19.8 Å². The maximum absolute atomic E-state index is 11.9. The lowest BCUT2D eigenvalue weighted by molar-refractivity contribution is -0.153. The zero-order valence-electron chi connectivity index (χ0n) is 11.9. The molecule has 5 nitrogen and oxygen atoms in total. The lowest BCUT2D eigenvalue weighted by Crippen LogP contribution is -2.45. The van der Waals surface area contributed by atoms with Crippen LogP contribution in [0.1, 0.15) is 41.0 Å². The van der Waals surface area contributed by atoms with Gasteiger partial charge in [-0.15, -0.1) is 0 Å². The smallest absolute Gasteiger partial charge is 0.310 e. The maximum Gasteiger partial charge on any atom is 0.310 e. The molecule has 0 spiro atoms. The van der Waals surface area contributed by atoms with Crippen LogP contribution in [-0.2, 0) is 9.59 Å². The molecule has 106 valence electrons. The van der Waals surface area contributed by atoms with E-state index >= 15 is 0 Å². The van der Waals surface area contributed by atoms with Crippen molar-refractivity contribution in [2.75, 3.05) is 6.61 Å². The Hall–Kier alpha value is -1.10. The number of carboxylic acid groups (broad SMARTS) is 1. The van der Waals surface area contributed by atoms with Crippen molar-refractivity contribution >= 4 is 11.9 Å². The second-order valence-electron chi connectivity index (χ2n) is 5.65. The third-order valence-corrected chi connectivity index (χ3v) is 3.64. The standard InChI is InChI=1S/C13H25NO4/c1-8(2)10(7-15)14-11(16)6-13(5,9(3)4)12(17)18/h8-10,15H,6-7H2,1-5H3,(H,14,16)(H,17,18). The van der Waals surface area contributed by atoms with Crippen molar-refractivity contribution in [1.29, 1.82) is 0 Å². The average Bonchev–Trinajstić information content (AvgIpc) is 2.24. The predicted molar refractivity (Wildman–Crippen MR) is 69.1 cm³/mol. The molecule has 0 radical (unpaired) electrons. The monoisotopic (exact) mass is 259 g/mol. The van der Waals surface area contributed by atoms with Gasteiger partial charge in [-0.3, -0.25) is 9.59 Å². The maximum atomic E-state index is 11.9. The fourth-order valence-corrected chi connectivity index (χ4v) is 1.54. The van der Waals surface area contributed by atoms with Crippen LogP contribution in [0.3, 0.4) is 0 Å². The summed E-state index contributed by atoms with van der Waals surface area (Å²) in [6, 6.07) is -0.331. The zero-order valence-corrected chi connectivity index (χ0v) is 11.9. The Morgan fingerprint density at radius 1 is 1.22 bits per heavy atom. The Morgan fingerprint density at radius 3 is 2.00 bits per heavy atom. The van der Waals surface area contributed by atoms with Crippen LogP contribution in [0.25, 0.3) is 0 Å². The minimum absolute atomic E-state index is 0.0801. The van der Waals surface area contributed by atoms with Gasteiger partial charge in [0.1, 0.15) is 0 Å². The molecule has 2 unspecified atom stereocenters. The summed E-state index contributed by atoms with van der Waals surface area (Å²) in [7, 11) is 0. The van der Waals surface area contributed by atoms with Crippen LogP contribution < -0.4 is 5.32 Å². The minimum atomic E-state index is -1.08. The Kier molecular flexibility index (Phi) is 6.32. The van der Waals surface area contributed by atoms with Gasteiger partial charge >= 0.3 is 5.97 Å². The molecule has 0 aromatic rings. The lowest BCUT2D eigenvalue weighted by atomic mass is 9.76. The number of carbonyl (C=O) groups is 2. The highest BCUT2D eigenvalue weighted by Gasteiger charge is 2.39. The number of aliphatic hydroxyl groups excluding tert-OH is 1. The molecular formula is C13H25NO4. The first-order chi connectivity index (χ1) is 8.15. The summed E-state index contributed by atoms with van der Waals surface area (Å²) in [5.41, 5.74) is -1.08. The number of aliphatic hydroxyl groups is 1. The first-order valence-corrected chi connectivity index (χ1v) is 6.28. The van der Waals surface area contributed by atoms with Crippen LogP contribution in [0, 0.1) is 17.3 Å². The highest BCUT2D eigenvalue weighted by atomic mass is 16.4. The number of amides is 1. The number of hydrogen-bond donors (Lipinski definition) is 3. The molecule has 0 fully saturated rings. The Morgan fingerprint density at radius 2 is 1.72 bits per heavy atom. The van der Waals surface area contributed by atoms with Gasteiger partial charge in [0, 0.05) is 6.42 Å². The molecule has 0 rings (SSSR count). The van der Waals surface area contributed by atoms with Crippen molar-refractivity contribution in [2.24, 2.45) is 17.3 Å². The van der Waals surface area contributed by atoms with Gasteiger partial charge in [-0.25, -0.2) is 0 Å². The second kappa shape index (κ2) is 6.73. The average molecular weight is 259 g/mol. The summed E-state index contributed by atoms with van der Waals surface area (Å²) < 4.78 is 0. The van der Waals surface area contributed by atoms with Gasteiger partial charge in [0.15, 0.2) is 0 Å². The highest BCUT2D eigenvalue weighted by Crippen LogP contribution is 2.31. The van der Waals surface area contributed by atoms with Gasteiger partial charge in [-0.05, 0) is 18.8 Å². The molecule has 0 aliphatic rings. The van der Waals surface area contributed by atoms with Crippen molar-refractivity contribution in [1.82, 2.24) is 5.32 Å². The van der Waals surface area contributed by atoms with Gasteiger partial charge < -0.3 is 15.5 Å². The molecular weight excluding hydrogens is 234 g/mol. The van der Waals surface area contributed by atoms with Crippen molar-refractivity contribution in [3.63, 3.8) is 0 Å². The molecule has 0 heterocycles. The Balaban J connectivity index is 4.68. The summed E-state index contributed by atoms with van der Waals surface area (Å²) in [6.07, 6.45) is -0.0801. The SMILES string of the molecule is CC(C)C(CO)NC(=O)CC(C)(C(=O)O)C(C)C. The van der Waals surface area contributed by atoms with Gasteiger partial charge in [-0.1, -0.05) is 27.7 Å². The van der Waals surface area contributed by atoms with Crippen LogP contribution in [0.15, 0.2) is 0 Å². The molecule has 0 aliphatic carbocycles. The summed E-state index contributed by atoms with van der Waals surface area (Å²) >= 11 is 0. The Labute approximate surface area is 109 Å². The molecule has 5 heteroatoms. The van der Waals surface area contributed by atoms with Crippen LogP contribution >= 0.6 is 0 Å². The number of carbonyl (C=O) groups excluding carboxylic acids is 1. The summed E-state index contributed by atoms with van der Waals surface area (Å²) in [5.74, 6) is -1.35. The van der Waals surface area contributed by atoms with Crippen LogP contribution in [-0.4, -0.2) is 34.7 Å². The quantitative estimate of drug-likeness (QED) is 0.642. The topological polar surface area (TPSA) is 86.6 Å². The molecule has 3 N–H and O–H groups in total. The largest absolute Gasteiger partial charge is 0.481 e. The van der Waals surface area contributed by atoms with Crippen molar-refractivity contribution in [2.45, 2.75) is 47.1 Å². The third kappa shape index (κ3) is 4.29. The van der Waals surface area contributed by atoms with Gasteiger partial charge in [-0.2, -0.15) is 0 Å². The first-order valence-electron chi connectivity index (χ1n) is 6.28. The molecule has 2 atom stereocenters. The van der Waals surface area contributed by atoms with Gasteiger partial charge in [0.25, 0.3) is 0 Å². The van der Waals surface area contributed by atoms with E-state index in [1.165, 1.54) is 0 Å². The normalized spacial score (nSPS) is 16.4. The minimum Gasteiger partial charge on any atom is -0.481 e. The number of rotatable bonds is 7. The molecule has 0 aromatic heterocycles. The van der Waals surface area contributed by atoms with E-state index in [0.29, 0.717) is 0 Å². The fourth-order valence-electron chi connectivity index (χ4n) is 1.54. The van der Waals surface area contributed by atoms with E-state index in [2.05, 4.69) is 5.32 Å². The van der Waals surface area contributed by atoms with E-state index in [-0.39, 0.29) is 36.8 Å². The number of carboxylic acids is 1. The number of hydrogen-bond acceptors (Lipinski definition) is 3. The van der Waals surface area contributed by atoms with Crippen LogP contribution in [0.5, 0.6) is 0 Å². The summed E-state index contributed by atoms with van der Waals surface area (Å²) in [6.45, 7) is 8.78. The highest BCUT2D eigenvalue weighted by molar-refractivity contribution is 5.85. The third-order valence-electron chi connectivity index (χ3n) is 3.64. The zero-order chi connectivity index (χ0) is 14.5. The van der Waals surface area contributed by atoms with Crippen molar-refractivity contribution in [3.05, 3.63) is 0 Å². The van der Waals surface area contributed by atoms with Crippen LogP contribution in [0.4, 0.5) is 0 Å². The van der Waals surface area contributed by atoms with E-state index in [0.717, 1.165) is 0 Å². The van der Waals surface area contributed by atoms with Gasteiger partial charge in [0.2, 0.25) is 5.91 Å². The molecule has 0 bridgehead atoms. The second-order valence-corrected chi connectivity index (χ2v) is 5.65. The molecule has 0 aromatic carbocycles. The van der Waals surface area contributed by atoms with Gasteiger partial charge in [0.05, 0.1) is 18.1 Å². The van der Waals surface area contributed by atoms with Crippen LogP contribution in [0.2, 0.25) is 0 Å². The number of nitrogens with one attached hydrogen (secondary N) is 1.